The smallest absolute Gasteiger partial charge is 0.231 e. The number of hydrogen-bond donors (Lipinski definition) is 2. The molecule has 0 unspecified atom stereocenters. The molecular weight excluding hydrogens is 534 g/mol. The van der Waals surface area contributed by atoms with Gasteiger partial charge in [0, 0.05) is 23.1 Å². The average Bonchev–Trinajstić information content (AvgIpc) is 3.93. The third-order valence-corrected chi connectivity index (χ3v) is 8.20. The molecular formula is C33H33N3O6. The fraction of sp³-hybridized carbons (Fsp3) is 0.394. The molecule has 2 heterocycles. The molecule has 3 N–H and O–H groups in total. The molecule has 0 radical (unpaired) electrons. The highest BCUT2D eigenvalue weighted by atomic mass is 16.5. The number of ether oxygens (including phenoxy) is 3. The zero-order valence-corrected chi connectivity index (χ0v) is 23.7. The van der Waals surface area contributed by atoms with Crippen LogP contribution in [0.2, 0.25) is 0 Å². The van der Waals surface area contributed by atoms with Crippen molar-refractivity contribution in [1.29, 1.82) is 5.26 Å². The van der Waals surface area contributed by atoms with E-state index in [9.17, 15) is 20.0 Å². The average molecular weight is 568 g/mol. The molecule has 2 fully saturated rings. The van der Waals surface area contributed by atoms with Crippen LogP contribution in [-0.2, 0) is 15.8 Å². The predicted octanol–water partition coefficient (Wildman–Crippen LogP) is 4.71. The van der Waals surface area contributed by atoms with Crippen molar-refractivity contribution < 1.29 is 28.9 Å². The first-order valence-corrected chi connectivity index (χ1v) is 14.3. The van der Waals surface area contributed by atoms with Gasteiger partial charge in [0.2, 0.25) is 5.91 Å². The van der Waals surface area contributed by atoms with Crippen LogP contribution < -0.4 is 19.9 Å². The Labute approximate surface area is 244 Å². The summed E-state index contributed by atoms with van der Waals surface area (Å²) in [5, 5.41) is 20.9. The Balaban J connectivity index is 1.28. The second-order valence-corrected chi connectivity index (χ2v) is 11.9. The SMILES string of the molecule is C[C@](O)(CCC(=O)c1ccc(OC2CC2)c(OC2CC2)c1)c1cc2c(c(-c3ccc(C#N)cc3)n1)OC[C@]2(C)C(N)=O. The Hall–Kier alpha value is -4.42. The maximum Gasteiger partial charge on any atom is 0.231 e. The van der Waals surface area contributed by atoms with E-state index in [0.717, 1.165) is 25.7 Å². The van der Waals surface area contributed by atoms with Gasteiger partial charge in [0.15, 0.2) is 17.3 Å². The lowest BCUT2D eigenvalue weighted by Crippen LogP contribution is -2.40. The summed E-state index contributed by atoms with van der Waals surface area (Å²) in [5.74, 6) is 0.948. The molecule has 2 saturated carbocycles. The standard InChI is InChI=1S/C33H33N3O6/c1-32(31(35)38)18-40-30-24(32)16-28(36-29(30)20-5-3-19(17-34)4-6-20)33(2,39)14-13-25(37)21-7-12-26(41-22-8-9-22)27(15-21)42-23-10-11-23/h3-7,12,15-16,22-23,39H,8-11,13-14,18H2,1-2H3,(H2,35,38)/t32-,33-/m0/s1. The molecule has 0 saturated heterocycles. The number of aromatic nitrogens is 1. The lowest BCUT2D eigenvalue weighted by molar-refractivity contribution is -0.123. The number of carbonyl (C=O) groups excluding carboxylic acids is 2. The van der Waals surface area contributed by atoms with Gasteiger partial charge in [-0.1, -0.05) is 12.1 Å². The van der Waals surface area contributed by atoms with Crippen LogP contribution in [0, 0.1) is 11.3 Å². The van der Waals surface area contributed by atoms with E-state index in [1.807, 2.05) is 0 Å². The fourth-order valence-corrected chi connectivity index (χ4v) is 4.99. The van der Waals surface area contributed by atoms with Crippen molar-refractivity contribution >= 4 is 11.7 Å². The summed E-state index contributed by atoms with van der Waals surface area (Å²) in [4.78, 5) is 30.6. The maximum atomic E-state index is 13.3. The number of nitriles is 1. The molecule has 3 aliphatic rings. The number of hydrogen-bond acceptors (Lipinski definition) is 8. The van der Waals surface area contributed by atoms with Crippen LogP contribution in [-0.4, -0.2) is 40.6 Å². The molecule has 0 spiro atoms. The van der Waals surface area contributed by atoms with Gasteiger partial charge in [-0.05, 0) is 82.3 Å². The highest BCUT2D eigenvalue weighted by molar-refractivity contribution is 5.96. The van der Waals surface area contributed by atoms with Gasteiger partial charge < -0.3 is 25.1 Å². The number of nitrogens with zero attached hydrogens (tertiary/aromatic N) is 2. The first-order chi connectivity index (χ1) is 20.1. The maximum absolute atomic E-state index is 13.3. The van der Waals surface area contributed by atoms with E-state index in [4.69, 9.17) is 24.9 Å². The molecule has 9 nitrogen and oxygen atoms in total. The quantitative estimate of drug-likeness (QED) is 0.317. The van der Waals surface area contributed by atoms with Crippen LogP contribution in [0.15, 0.2) is 48.5 Å². The van der Waals surface area contributed by atoms with Crippen molar-refractivity contribution in [1.82, 2.24) is 4.98 Å². The summed E-state index contributed by atoms with van der Waals surface area (Å²) in [6.45, 7) is 3.34. The van der Waals surface area contributed by atoms with Crippen LogP contribution >= 0.6 is 0 Å². The number of pyridine rings is 1. The van der Waals surface area contributed by atoms with Crippen LogP contribution in [0.1, 0.15) is 79.6 Å². The minimum Gasteiger partial charge on any atom is -0.489 e. The van der Waals surface area contributed by atoms with E-state index in [1.54, 1.807) is 62.4 Å². The number of ketones is 1. The number of carbonyl (C=O) groups is 2. The molecule has 1 amide bonds. The van der Waals surface area contributed by atoms with Crippen molar-refractivity contribution in [3.8, 4) is 34.6 Å². The van der Waals surface area contributed by atoms with Gasteiger partial charge in [0.05, 0.1) is 29.5 Å². The first kappa shape index (κ1) is 27.7. The van der Waals surface area contributed by atoms with Gasteiger partial charge in [-0.2, -0.15) is 5.26 Å². The Bertz CT molecular complexity index is 1600. The second-order valence-electron chi connectivity index (χ2n) is 11.9. The molecule has 2 aliphatic carbocycles. The zero-order valence-electron chi connectivity index (χ0n) is 23.7. The van der Waals surface area contributed by atoms with Crippen LogP contribution in [0.25, 0.3) is 11.3 Å². The van der Waals surface area contributed by atoms with Gasteiger partial charge in [0.25, 0.3) is 0 Å². The molecule has 216 valence electrons. The largest absolute Gasteiger partial charge is 0.489 e. The lowest BCUT2D eigenvalue weighted by Gasteiger charge is -2.26. The van der Waals surface area contributed by atoms with E-state index in [1.165, 1.54) is 0 Å². The Morgan fingerprint density at radius 2 is 1.76 bits per heavy atom. The number of rotatable bonds is 11. The molecule has 1 aromatic heterocycles. The summed E-state index contributed by atoms with van der Waals surface area (Å²) in [6.07, 6.45) is 4.51. The second kappa shape index (κ2) is 10.4. The zero-order chi connectivity index (χ0) is 29.6. The molecule has 0 bridgehead atoms. The van der Waals surface area contributed by atoms with Crippen molar-refractivity contribution in [2.75, 3.05) is 6.61 Å². The minimum atomic E-state index is -1.52. The van der Waals surface area contributed by atoms with E-state index >= 15 is 0 Å². The number of Topliss-reactive ketones (excluding diaryl/α,β-unsaturated/α-hetero) is 1. The minimum absolute atomic E-state index is 0.0401. The number of amides is 1. The molecule has 42 heavy (non-hydrogen) atoms. The summed E-state index contributed by atoms with van der Waals surface area (Å²) >= 11 is 0. The first-order valence-electron chi connectivity index (χ1n) is 14.3. The third-order valence-electron chi connectivity index (χ3n) is 8.20. The van der Waals surface area contributed by atoms with E-state index in [-0.39, 0.29) is 43.1 Å². The summed E-state index contributed by atoms with van der Waals surface area (Å²) in [6, 6.07) is 15.8. The molecule has 2 aromatic carbocycles. The molecule has 1 aliphatic heterocycles. The Kier molecular flexibility index (Phi) is 6.90. The van der Waals surface area contributed by atoms with E-state index in [2.05, 4.69) is 6.07 Å². The monoisotopic (exact) mass is 567 g/mol. The predicted molar refractivity (Wildman–Crippen MR) is 153 cm³/mol. The Morgan fingerprint density at radius 3 is 2.38 bits per heavy atom. The highest BCUT2D eigenvalue weighted by Crippen LogP contribution is 2.46. The van der Waals surface area contributed by atoms with Gasteiger partial charge >= 0.3 is 0 Å². The van der Waals surface area contributed by atoms with Gasteiger partial charge in [0.1, 0.15) is 29.1 Å². The lowest BCUT2D eigenvalue weighted by atomic mass is 9.81. The van der Waals surface area contributed by atoms with Crippen LogP contribution in [0.4, 0.5) is 0 Å². The number of benzene rings is 2. The van der Waals surface area contributed by atoms with Crippen LogP contribution in [0.3, 0.4) is 0 Å². The van der Waals surface area contributed by atoms with Gasteiger partial charge in [-0.25, -0.2) is 4.98 Å². The molecule has 2 atom stereocenters. The number of primary amides is 1. The summed E-state index contributed by atoms with van der Waals surface area (Å²) < 4.78 is 18.0. The molecule has 6 rings (SSSR count). The van der Waals surface area contributed by atoms with E-state index < -0.39 is 16.9 Å². The molecule has 9 heteroatoms. The topological polar surface area (TPSA) is 145 Å². The van der Waals surface area contributed by atoms with Crippen molar-refractivity contribution in [3.63, 3.8) is 0 Å². The number of nitrogens with two attached hydrogens (primary N) is 1. The van der Waals surface area contributed by atoms with Gasteiger partial charge in [-0.3, -0.25) is 9.59 Å². The number of aliphatic hydroxyl groups is 1. The van der Waals surface area contributed by atoms with Crippen LogP contribution in [0.5, 0.6) is 17.2 Å². The number of fused-ring (bicyclic) bond motifs is 1. The van der Waals surface area contributed by atoms with Crippen molar-refractivity contribution in [3.05, 3.63) is 70.9 Å². The highest BCUT2D eigenvalue weighted by Gasteiger charge is 2.45. The fourth-order valence-electron chi connectivity index (χ4n) is 4.99. The summed E-state index contributed by atoms with van der Waals surface area (Å²) in [7, 11) is 0. The Morgan fingerprint density at radius 1 is 1.10 bits per heavy atom. The van der Waals surface area contributed by atoms with E-state index in [0.29, 0.717) is 45.2 Å². The van der Waals surface area contributed by atoms with Gasteiger partial charge in [-0.15, -0.1) is 0 Å². The third kappa shape index (κ3) is 5.42. The summed E-state index contributed by atoms with van der Waals surface area (Å²) in [5.41, 5.74) is 6.01. The van der Waals surface area contributed by atoms with Crippen molar-refractivity contribution in [2.45, 2.75) is 75.6 Å². The van der Waals surface area contributed by atoms with Crippen molar-refractivity contribution in [2.24, 2.45) is 5.73 Å². The normalized spacial score (nSPS) is 20.5. The molecule has 3 aromatic rings.